The summed E-state index contributed by atoms with van der Waals surface area (Å²) in [6.45, 7) is 3.04. The van der Waals surface area contributed by atoms with Gasteiger partial charge in [-0.1, -0.05) is 0 Å². The molecule has 0 atom stereocenters. The van der Waals surface area contributed by atoms with Crippen molar-refractivity contribution in [3.63, 3.8) is 0 Å². The maximum absolute atomic E-state index is 11.4. The minimum Gasteiger partial charge on any atom is -0.336 e. The molecule has 0 aliphatic carbocycles. The number of amides is 2. The van der Waals surface area contributed by atoms with E-state index in [1.807, 2.05) is 23.6 Å². The van der Waals surface area contributed by atoms with Crippen LogP contribution in [0.5, 0.6) is 0 Å². The Kier molecular flexibility index (Phi) is 3.84. The van der Waals surface area contributed by atoms with Gasteiger partial charge in [0.25, 0.3) is 0 Å². The van der Waals surface area contributed by atoms with E-state index in [9.17, 15) is 4.79 Å². The molecule has 2 rings (SSSR count). The molecule has 2 aromatic heterocycles. The Hall–Kier alpha value is -1.89. The number of imidazole rings is 1. The minimum atomic E-state index is -0.115. The highest BCUT2D eigenvalue weighted by atomic mass is 32.1. The van der Waals surface area contributed by atoms with E-state index in [4.69, 9.17) is 12.2 Å². The summed E-state index contributed by atoms with van der Waals surface area (Å²) in [6.07, 6.45) is 0. The zero-order valence-electron chi connectivity index (χ0n) is 11.2. The molecular formula is C12H17N5OS. The van der Waals surface area contributed by atoms with Gasteiger partial charge in [0.15, 0.2) is 10.4 Å². The van der Waals surface area contributed by atoms with Gasteiger partial charge in [-0.15, -0.1) is 0 Å². The average Bonchev–Trinajstić information content (AvgIpc) is 2.65. The van der Waals surface area contributed by atoms with E-state index < -0.39 is 0 Å². The third-order valence-corrected chi connectivity index (χ3v) is 3.10. The van der Waals surface area contributed by atoms with Gasteiger partial charge in [-0.2, -0.15) is 0 Å². The van der Waals surface area contributed by atoms with Gasteiger partial charge in [0, 0.05) is 32.9 Å². The van der Waals surface area contributed by atoms with Crippen LogP contribution in [0.15, 0.2) is 12.1 Å². The van der Waals surface area contributed by atoms with E-state index in [1.54, 1.807) is 14.1 Å². The third kappa shape index (κ3) is 2.93. The number of aromatic amines is 1. The molecule has 2 amide bonds. The molecule has 0 fully saturated rings. The van der Waals surface area contributed by atoms with Gasteiger partial charge in [-0.3, -0.25) is 4.57 Å². The molecule has 19 heavy (non-hydrogen) atoms. The van der Waals surface area contributed by atoms with Crippen LogP contribution in [0.2, 0.25) is 0 Å². The van der Waals surface area contributed by atoms with Crippen LogP contribution in [0.1, 0.15) is 5.69 Å². The smallest absolute Gasteiger partial charge is 0.316 e. The Bertz CT molecular complexity index is 658. The highest BCUT2D eigenvalue weighted by Gasteiger charge is 2.07. The molecule has 2 N–H and O–H groups in total. The lowest BCUT2D eigenvalue weighted by molar-refractivity contribution is 0.217. The maximum Gasteiger partial charge on any atom is 0.316 e. The Labute approximate surface area is 116 Å². The van der Waals surface area contributed by atoms with Crippen molar-refractivity contribution < 1.29 is 4.79 Å². The molecule has 0 aliphatic heterocycles. The van der Waals surface area contributed by atoms with Crippen LogP contribution in [0, 0.1) is 11.7 Å². The lowest BCUT2D eigenvalue weighted by Crippen LogP contribution is -2.36. The van der Waals surface area contributed by atoms with Crippen LogP contribution in [0.25, 0.3) is 11.2 Å². The topological polar surface area (TPSA) is 66.0 Å². The van der Waals surface area contributed by atoms with Gasteiger partial charge in [0.2, 0.25) is 0 Å². The average molecular weight is 279 g/mol. The van der Waals surface area contributed by atoms with Gasteiger partial charge in [-0.25, -0.2) is 9.78 Å². The Balaban J connectivity index is 2.16. The van der Waals surface area contributed by atoms with E-state index >= 15 is 0 Å². The highest BCUT2D eigenvalue weighted by Crippen LogP contribution is 2.11. The Morgan fingerprint density at radius 1 is 1.53 bits per heavy atom. The second-order valence-electron chi connectivity index (χ2n) is 4.53. The van der Waals surface area contributed by atoms with Crippen LogP contribution in [-0.4, -0.2) is 46.1 Å². The first-order valence-corrected chi connectivity index (χ1v) is 6.41. The number of urea groups is 1. The molecule has 2 heterocycles. The monoisotopic (exact) mass is 279 g/mol. The van der Waals surface area contributed by atoms with Crippen LogP contribution in [0.4, 0.5) is 4.79 Å². The fraction of sp³-hybridized carbons (Fsp3) is 0.417. The summed E-state index contributed by atoms with van der Waals surface area (Å²) in [6, 6.07) is 3.78. The van der Waals surface area contributed by atoms with Gasteiger partial charge in [-0.05, 0) is 31.3 Å². The molecule has 2 aromatic rings. The van der Waals surface area contributed by atoms with Crippen molar-refractivity contribution in [3.8, 4) is 0 Å². The fourth-order valence-electron chi connectivity index (χ4n) is 1.77. The van der Waals surface area contributed by atoms with Gasteiger partial charge >= 0.3 is 6.03 Å². The maximum atomic E-state index is 11.4. The van der Waals surface area contributed by atoms with Crippen LogP contribution >= 0.6 is 12.2 Å². The van der Waals surface area contributed by atoms with Crippen molar-refractivity contribution in [3.05, 3.63) is 22.6 Å². The zero-order valence-corrected chi connectivity index (χ0v) is 12.0. The SMILES string of the molecule is Cc1ccc2[nH]c(=S)n(CCNC(=O)N(C)C)c2n1. The number of hydrogen-bond donors (Lipinski definition) is 2. The van der Waals surface area contributed by atoms with E-state index in [2.05, 4.69) is 15.3 Å². The summed E-state index contributed by atoms with van der Waals surface area (Å²) < 4.78 is 2.51. The van der Waals surface area contributed by atoms with E-state index in [1.165, 1.54) is 4.90 Å². The molecule has 0 spiro atoms. The molecule has 6 nitrogen and oxygen atoms in total. The number of nitrogens with zero attached hydrogens (tertiary/aromatic N) is 3. The van der Waals surface area contributed by atoms with Gasteiger partial charge in [0.1, 0.15) is 0 Å². The molecule has 0 aliphatic rings. The van der Waals surface area contributed by atoms with Crippen molar-refractivity contribution in [1.82, 2.24) is 24.8 Å². The first kappa shape index (κ1) is 13.5. The molecule has 0 bridgehead atoms. The summed E-state index contributed by atoms with van der Waals surface area (Å²) in [5.74, 6) is 0. The number of rotatable bonds is 3. The summed E-state index contributed by atoms with van der Waals surface area (Å²) in [5, 5.41) is 2.81. The van der Waals surface area contributed by atoms with Gasteiger partial charge < -0.3 is 15.2 Å². The lowest BCUT2D eigenvalue weighted by atomic mass is 10.3. The normalized spacial score (nSPS) is 10.7. The number of carbonyl (C=O) groups excluding carboxylic acids is 1. The van der Waals surface area contributed by atoms with Crippen molar-refractivity contribution in [2.45, 2.75) is 13.5 Å². The largest absolute Gasteiger partial charge is 0.336 e. The highest BCUT2D eigenvalue weighted by molar-refractivity contribution is 7.71. The number of fused-ring (bicyclic) bond motifs is 1. The number of nitrogens with one attached hydrogen (secondary N) is 2. The standard InChI is InChI=1S/C12H17N5OS/c1-8-4-5-9-10(14-8)17(12(19)15-9)7-6-13-11(18)16(2)3/h4-5H,6-7H2,1-3H3,(H,13,18)(H,15,19). The van der Waals surface area contributed by atoms with Crippen molar-refractivity contribution in [2.24, 2.45) is 0 Å². The number of pyridine rings is 1. The first-order chi connectivity index (χ1) is 8.99. The second kappa shape index (κ2) is 5.40. The molecule has 0 saturated heterocycles. The molecule has 7 heteroatoms. The number of H-pyrrole nitrogens is 1. The lowest BCUT2D eigenvalue weighted by Gasteiger charge is -2.12. The van der Waals surface area contributed by atoms with E-state index in [0.717, 1.165) is 16.9 Å². The summed E-state index contributed by atoms with van der Waals surface area (Å²) in [5.41, 5.74) is 2.67. The summed E-state index contributed by atoms with van der Waals surface area (Å²) in [7, 11) is 3.41. The minimum absolute atomic E-state index is 0.115. The molecule has 102 valence electrons. The number of carbonyl (C=O) groups is 1. The number of hydrogen-bond acceptors (Lipinski definition) is 3. The summed E-state index contributed by atoms with van der Waals surface area (Å²) in [4.78, 5) is 20.5. The molecule has 0 saturated carbocycles. The van der Waals surface area contributed by atoms with Crippen molar-refractivity contribution in [2.75, 3.05) is 20.6 Å². The Morgan fingerprint density at radius 2 is 2.26 bits per heavy atom. The molecule has 0 radical (unpaired) electrons. The Morgan fingerprint density at radius 3 is 2.95 bits per heavy atom. The van der Waals surface area contributed by atoms with E-state index in [0.29, 0.717) is 17.9 Å². The third-order valence-electron chi connectivity index (χ3n) is 2.77. The predicted molar refractivity (Wildman–Crippen MR) is 76.7 cm³/mol. The van der Waals surface area contributed by atoms with Crippen molar-refractivity contribution >= 4 is 29.4 Å². The van der Waals surface area contributed by atoms with Gasteiger partial charge in [0.05, 0.1) is 5.52 Å². The number of aromatic nitrogens is 3. The molecule has 0 unspecified atom stereocenters. The van der Waals surface area contributed by atoms with Crippen LogP contribution in [0.3, 0.4) is 0 Å². The van der Waals surface area contributed by atoms with Crippen LogP contribution in [-0.2, 0) is 6.54 Å². The first-order valence-electron chi connectivity index (χ1n) is 6.00. The fourth-order valence-corrected chi connectivity index (χ4v) is 2.05. The molecule has 0 aromatic carbocycles. The predicted octanol–water partition coefficient (Wildman–Crippen LogP) is 1.67. The zero-order chi connectivity index (χ0) is 14.0. The number of aryl methyl sites for hydroxylation is 1. The van der Waals surface area contributed by atoms with Crippen molar-refractivity contribution in [1.29, 1.82) is 0 Å². The van der Waals surface area contributed by atoms with Crippen LogP contribution < -0.4 is 5.32 Å². The second-order valence-corrected chi connectivity index (χ2v) is 4.92. The molecular weight excluding hydrogens is 262 g/mol. The van der Waals surface area contributed by atoms with E-state index in [-0.39, 0.29) is 6.03 Å². The summed E-state index contributed by atoms with van der Waals surface area (Å²) >= 11 is 5.27. The quantitative estimate of drug-likeness (QED) is 0.840.